The van der Waals surface area contributed by atoms with Crippen molar-refractivity contribution >= 4 is 21.5 Å². The number of hydrogen-bond donors (Lipinski definition) is 3. The number of nitrogens with two attached hydrogens (primary N) is 2. The van der Waals surface area contributed by atoms with Crippen molar-refractivity contribution in [3.63, 3.8) is 0 Å². The molecule has 1 unspecified atom stereocenters. The minimum atomic E-state index is -3.07. The van der Waals surface area contributed by atoms with E-state index in [1.165, 1.54) is 25.6 Å². The quantitative estimate of drug-likeness (QED) is 0.739. The minimum Gasteiger partial charge on any atom is -0.480 e. The number of nitrogens with one attached hydrogen (secondary N) is 1. The smallest absolute Gasteiger partial charge is 0.231 e. The molecule has 1 atom stereocenters. The monoisotopic (exact) mass is 352 g/mol. The van der Waals surface area contributed by atoms with Crippen LogP contribution in [-0.4, -0.2) is 32.5 Å². The molecular weight excluding hydrogens is 332 g/mol. The maximum absolute atomic E-state index is 12.2. The number of hydrogen-bond acceptors (Lipinski definition) is 9. The molecule has 0 amide bonds. The highest BCUT2D eigenvalue weighted by atomic mass is 32.2. The van der Waals surface area contributed by atoms with E-state index in [1.807, 2.05) is 13.8 Å². The van der Waals surface area contributed by atoms with E-state index in [0.29, 0.717) is 11.4 Å². The Morgan fingerprint density at radius 1 is 1.25 bits per heavy atom. The Labute approximate surface area is 140 Å². The van der Waals surface area contributed by atoms with Gasteiger partial charge in [0.2, 0.25) is 11.8 Å². The van der Waals surface area contributed by atoms with Gasteiger partial charge in [0.1, 0.15) is 4.90 Å². The number of nitrogen functional groups attached to an aromatic ring is 2. The van der Waals surface area contributed by atoms with Crippen molar-refractivity contribution in [1.82, 2.24) is 15.0 Å². The summed E-state index contributed by atoms with van der Waals surface area (Å²) in [6.45, 7) is 3.84. The zero-order valence-corrected chi connectivity index (χ0v) is 14.7. The van der Waals surface area contributed by atoms with Gasteiger partial charge in [-0.15, -0.1) is 0 Å². The van der Waals surface area contributed by atoms with Crippen LogP contribution in [0, 0.1) is 4.78 Å². The minimum absolute atomic E-state index is 0.0162. The van der Waals surface area contributed by atoms with Gasteiger partial charge in [0, 0.05) is 12.3 Å². The van der Waals surface area contributed by atoms with E-state index >= 15 is 0 Å². The Kier molecular flexibility index (Phi) is 4.78. The van der Waals surface area contributed by atoms with Crippen molar-refractivity contribution in [3.8, 4) is 17.4 Å². The fourth-order valence-electron chi connectivity index (χ4n) is 1.99. The Hall–Kier alpha value is -2.62. The molecule has 2 rings (SSSR count). The molecule has 9 nitrogen and oxygen atoms in total. The summed E-state index contributed by atoms with van der Waals surface area (Å²) < 4.78 is 31.0. The van der Waals surface area contributed by atoms with Crippen LogP contribution in [0.1, 0.15) is 25.5 Å². The van der Waals surface area contributed by atoms with Crippen molar-refractivity contribution in [2.45, 2.75) is 24.7 Å². The SMILES string of the molecule is COc1nc(C(C)C)c(Oc2cnc(N)nc2N)cc1S(C)(=N)=O. The molecule has 0 saturated heterocycles. The summed E-state index contributed by atoms with van der Waals surface area (Å²) in [5, 5.41) is 0. The van der Waals surface area contributed by atoms with Crippen molar-refractivity contribution < 1.29 is 13.7 Å². The van der Waals surface area contributed by atoms with Crippen LogP contribution in [0.15, 0.2) is 17.2 Å². The summed E-state index contributed by atoms with van der Waals surface area (Å²) in [7, 11) is -1.66. The second-order valence-electron chi connectivity index (χ2n) is 5.46. The van der Waals surface area contributed by atoms with E-state index in [0.717, 1.165) is 0 Å². The van der Waals surface area contributed by atoms with Gasteiger partial charge in [-0.1, -0.05) is 13.8 Å². The van der Waals surface area contributed by atoms with E-state index in [2.05, 4.69) is 15.0 Å². The van der Waals surface area contributed by atoms with Gasteiger partial charge in [-0.05, 0) is 5.92 Å². The molecule has 0 aliphatic carbocycles. The number of rotatable bonds is 5. The maximum Gasteiger partial charge on any atom is 0.231 e. The molecule has 0 aromatic carbocycles. The van der Waals surface area contributed by atoms with E-state index < -0.39 is 9.73 Å². The van der Waals surface area contributed by atoms with Gasteiger partial charge >= 0.3 is 0 Å². The number of anilines is 2. The average molecular weight is 352 g/mol. The van der Waals surface area contributed by atoms with E-state index in [9.17, 15) is 4.21 Å². The van der Waals surface area contributed by atoms with Gasteiger partial charge < -0.3 is 20.9 Å². The molecule has 2 heterocycles. The number of aromatic nitrogens is 3. The fourth-order valence-corrected chi connectivity index (χ4v) is 2.78. The first-order chi connectivity index (χ1) is 11.1. The normalized spacial score (nSPS) is 13.5. The molecule has 0 radical (unpaired) electrons. The Balaban J connectivity index is 2.62. The maximum atomic E-state index is 12.2. The zero-order valence-electron chi connectivity index (χ0n) is 13.9. The molecule has 0 fully saturated rings. The van der Waals surface area contributed by atoms with Crippen LogP contribution >= 0.6 is 0 Å². The second kappa shape index (κ2) is 6.48. The molecule has 0 bridgehead atoms. The molecule has 0 aliphatic heterocycles. The van der Waals surface area contributed by atoms with Gasteiger partial charge in [0.15, 0.2) is 17.3 Å². The largest absolute Gasteiger partial charge is 0.480 e. The molecule has 24 heavy (non-hydrogen) atoms. The molecule has 0 spiro atoms. The van der Waals surface area contributed by atoms with Crippen molar-refractivity contribution in [2.75, 3.05) is 24.8 Å². The Morgan fingerprint density at radius 3 is 2.42 bits per heavy atom. The third kappa shape index (κ3) is 3.65. The van der Waals surface area contributed by atoms with E-state index in [1.54, 1.807) is 0 Å². The first-order valence-corrected chi connectivity index (χ1v) is 8.98. The second-order valence-corrected chi connectivity index (χ2v) is 7.58. The summed E-state index contributed by atoms with van der Waals surface area (Å²) in [5.41, 5.74) is 11.8. The lowest BCUT2D eigenvalue weighted by molar-refractivity contribution is 0.378. The summed E-state index contributed by atoms with van der Waals surface area (Å²) >= 11 is 0. The molecule has 10 heteroatoms. The summed E-state index contributed by atoms with van der Waals surface area (Å²) in [4.78, 5) is 12.2. The number of nitrogens with zero attached hydrogens (tertiary/aromatic N) is 3. The van der Waals surface area contributed by atoms with E-state index in [4.69, 9.17) is 25.7 Å². The van der Waals surface area contributed by atoms with Crippen LogP contribution in [-0.2, 0) is 9.73 Å². The molecule has 0 saturated carbocycles. The van der Waals surface area contributed by atoms with Crippen LogP contribution in [0.4, 0.5) is 11.8 Å². The van der Waals surface area contributed by atoms with Gasteiger partial charge in [-0.2, -0.15) is 4.98 Å². The molecule has 5 N–H and O–H groups in total. The number of pyridine rings is 1. The van der Waals surface area contributed by atoms with Crippen molar-refractivity contribution in [3.05, 3.63) is 18.0 Å². The van der Waals surface area contributed by atoms with Gasteiger partial charge in [-0.3, -0.25) is 0 Å². The third-order valence-electron chi connectivity index (χ3n) is 3.13. The molecule has 130 valence electrons. The Bertz CT molecular complexity index is 867. The highest BCUT2D eigenvalue weighted by molar-refractivity contribution is 7.91. The molecule has 2 aromatic heterocycles. The first kappa shape index (κ1) is 17.7. The summed E-state index contributed by atoms with van der Waals surface area (Å²) in [6, 6.07) is 1.48. The zero-order chi connectivity index (χ0) is 18.1. The van der Waals surface area contributed by atoms with Crippen LogP contribution in [0.3, 0.4) is 0 Å². The summed E-state index contributed by atoms with van der Waals surface area (Å²) in [5.74, 6) is 0.713. The number of methoxy groups -OCH3 is 1. The third-order valence-corrected chi connectivity index (χ3v) is 4.26. The van der Waals surface area contributed by atoms with Gasteiger partial charge in [0.05, 0.1) is 28.7 Å². The Morgan fingerprint density at radius 2 is 1.92 bits per heavy atom. The summed E-state index contributed by atoms with van der Waals surface area (Å²) in [6.07, 6.45) is 2.63. The predicted octanol–water partition coefficient (Wildman–Crippen LogP) is 2.00. The lowest BCUT2D eigenvalue weighted by Crippen LogP contribution is -2.07. The highest BCUT2D eigenvalue weighted by Gasteiger charge is 2.21. The lowest BCUT2D eigenvalue weighted by atomic mass is 10.1. The van der Waals surface area contributed by atoms with Gasteiger partial charge in [0.25, 0.3) is 0 Å². The van der Waals surface area contributed by atoms with Crippen molar-refractivity contribution in [1.29, 1.82) is 4.78 Å². The lowest BCUT2D eigenvalue weighted by Gasteiger charge is -2.17. The van der Waals surface area contributed by atoms with Crippen LogP contribution in [0.2, 0.25) is 0 Å². The van der Waals surface area contributed by atoms with Crippen LogP contribution < -0.4 is 20.9 Å². The molecule has 0 aliphatic rings. The van der Waals surface area contributed by atoms with Crippen LogP contribution in [0.5, 0.6) is 17.4 Å². The number of ether oxygens (including phenoxy) is 2. The van der Waals surface area contributed by atoms with E-state index in [-0.39, 0.29) is 34.2 Å². The van der Waals surface area contributed by atoms with Gasteiger partial charge in [-0.25, -0.2) is 19.0 Å². The first-order valence-electron chi connectivity index (χ1n) is 7.02. The highest BCUT2D eigenvalue weighted by Crippen LogP contribution is 2.36. The molecule has 2 aromatic rings. The topological polar surface area (TPSA) is 150 Å². The standard InChI is InChI=1S/C14H20N6O3S/c1-7(2)11-8(23-9-6-18-14(16)20-12(9)15)5-10(24(4,17)21)13(19-11)22-3/h5-7,17H,1-4H3,(H4,15,16,18,20). The van der Waals surface area contributed by atoms with Crippen molar-refractivity contribution in [2.24, 2.45) is 0 Å². The van der Waals surface area contributed by atoms with Crippen LogP contribution in [0.25, 0.3) is 0 Å². The average Bonchev–Trinajstić information content (AvgIpc) is 2.48. The predicted molar refractivity (Wildman–Crippen MR) is 90.9 cm³/mol. The fraction of sp³-hybridized carbons (Fsp3) is 0.357. The molecular formula is C14H20N6O3S.